The lowest BCUT2D eigenvalue weighted by Gasteiger charge is -2.12. The van der Waals surface area contributed by atoms with Crippen molar-refractivity contribution in [2.75, 3.05) is 24.4 Å². The van der Waals surface area contributed by atoms with E-state index in [4.69, 9.17) is 10.5 Å². The largest absolute Gasteiger partial charge is 0.396 e. The first-order valence-electron chi connectivity index (χ1n) is 6.27. The molecule has 18 heavy (non-hydrogen) atoms. The second-order valence-electron chi connectivity index (χ2n) is 4.19. The van der Waals surface area contributed by atoms with Crippen LogP contribution in [0.1, 0.15) is 19.8 Å². The summed E-state index contributed by atoms with van der Waals surface area (Å²) in [6.07, 6.45) is 3.89. The summed E-state index contributed by atoms with van der Waals surface area (Å²) in [6, 6.07) is 7.92. The predicted octanol–water partition coefficient (Wildman–Crippen LogP) is 3.00. The number of fused-ring (bicyclic) bond motifs is 1. The number of rotatable bonds is 6. The maximum atomic E-state index is 5.95. The molecule has 0 bridgehead atoms. The van der Waals surface area contributed by atoms with E-state index < -0.39 is 0 Å². The number of nitrogens with one attached hydrogen (secondary N) is 1. The first-order valence-corrected chi connectivity index (χ1v) is 6.27. The number of aromatic nitrogens is 1. The molecule has 0 atom stereocenters. The van der Waals surface area contributed by atoms with Gasteiger partial charge < -0.3 is 15.8 Å². The summed E-state index contributed by atoms with van der Waals surface area (Å²) >= 11 is 0. The summed E-state index contributed by atoms with van der Waals surface area (Å²) in [5.74, 6) is 0. The number of pyridine rings is 1. The van der Waals surface area contributed by atoms with Crippen molar-refractivity contribution in [3.63, 3.8) is 0 Å². The Morgan fingerprint density at radius 1 is 1.33 bits per heavy atom. The molecular formula is C14H19N3O. The van der Waals surface area contributed by atoms with Crippen LogP contribution in [0.5, 0.6) is 0 Å². The van der Waals surface area contributed by atoms with E-state index in [1.165, 1.54) is 0 Å². The maximum absolute atomic E-state index is 5.95. The van der Waals surface area contributed by atoms with E-state index in [0.29, 0.717) is 12.4 Å². The first kappa shape index (κ1) is 12.6. The van der Waals surface area contributed by atoms with E-state index in [-0.39, 0.29) is 0 Å². The van der Waals surface area contributed by atoms with Gasteiger partial charge in [-0.3, -0.25) is 4.98 Å². The van der Waals surface area contributed by atoms with E-state index in [1.54, 1.807) is 6.20 Å². The molecule has 0 radical (unpaired) electrons. The molecule has 0 aliphatic heterocycles. The SMILES string of the molecule is CCCCOCNc1c(N)cnc2ccccc12. The lowest BCUT2D eigenvalue weighted by molar-refractivity contribution is 0.149. The van der Waals surface area contributed by atoms with Crippen LogP contribution in [0, 0.1) is 0 Å². The van der Waals surface area contributed by atoms with E-state index in [1.807, 2.05) is 24.3 Å². The number of nitrogens with zero attached hydrogens (tertiary/aromatic N) is 1. The highest BCUT2D eigenvalue weighted by Crippen LogP contribution is 2.27. The van der Waals surface area contributed by atoms with Gasteiger partial charge in [0, 0.05) is 12.0 Å². The van der Waals surface area contributed by atoms with Crippen LogP contribution in [-0.4, -0.2) is 18.3 Å². The van der Waals surface area contributed by atoms with Crippen LogP contribution >= 0.6 is 0 Å². The van der Waals surface area contributed by atoms with Gasteiger partial charge >= 0.3 is 0 Å². The molecule has 2 aromatic rings. The summed E-state index contributed by atoms with van der Waals surface area (Å²) in [6.45, 7) is 3.38. The second kappa shape index (κ2) is 6.21. The Hall–Kier alpha value is -1.81. The summed E-state index contributed by atoms with van der Waals surface area (Å²) in [5, 5.41) is 4.25. The van der Waals surface area contributed by atoms with Gasteiger partial charge in [-0.15, -0.1) is 0 Å². The van der Waals surface area contributed by atoms with Gasteiger partial charge in [0.25, 0.3) is 0 Å². The fraction of sp³-hybridized carbons (Fsp3) is 0.357. The number of para-hydroxylation sites is 1. The standard InChI is InChI=1S/C14H19N3O/c1-2-3-8-18-10-17-14-11-6-4-5-7-13(11)16-9-12(14)15/h4-7,9H,2-3,8,10,15H2,1H3,(H,16,17). The van der Waals surface area contributed by atoms with Gasteiger partial charge in [-0.25, -0.2) is 0 Å². The van der Waals surface area contributed by atoms with Crippen molar-refractivity contribution in [1.82, 2.24) is 4.98 Å². The number of hydrogen-bond acceptors (Lipinski definition) is 4. The molecule has 96 valence electrons. The smallest absolute Gasteiger partial charge is 0.116 e. The molecule has 0 spiro atoms. The Morgan fingerprint density at radius 3 is 3.00 bits per heavy atom. The zero-order valence-electron chi connectivity index (χ0n) is 10.6. The quantitative estimate of drug-likeness (QED) is 0.606. The first-order chi connectivity index (χ1) is 8.83. The van der Waals surface area contributed by atoms with Crippen LogP contribution in [0.2, 0.25) is 0 Å². The fourth-order valence-corrected chi connectivity index (χ4v) is 1.80. The molecule has 4 heteroatoms. The van der Waals surface area contributed by atoms with E-state index in [0.717, 1.165) is 36.0 Å². The minimum atomic E-state index is 0.470. The number of nitrogen functional groups attached to an aromatic ring is 1. The Labute approximate surface area is 107 Å². The van der Waals surface area contributed by atoms with Crippen LogP contribution in [0.25, 0.3) is 10.9 Å². The summed E-state index contributed by atoms with van der Waals surface area (Å²) in [7, 11) is 0. The minimum Gasteiger partial charge on any atom is -0.396 e. The Kier molecular flexibility index (Phi) is 4.36. The summed E-state index contributed by atoms with van der Waals surface area (Å²) < 4.78 is 5.49. The molecule has 1 aromatic carbocycles. The third-order valence-electron chi connectivity index (χ3n) is 2.80. The zero-order valence-corrected chi connectivity index (χ0v) is 10.6. The molecule has 0 saturated heterocycles. The number of nitrogens with two attached hydrogens (primary N) is 1. The van der Waals surface area contributed by atoms with Crippen molar-refractivity contribution < 1.29 is 4.74 Å². The zero-order chi connectivity index (χ0) is 12.8. The maximum Gasteiger partial charge on any atom is 0.116 e. The van der Waals surface area contributed by atoms with Gasteiger partial charge in [0.05, 0.1) is 23.1 Å². The van der Waals surface area contributed by atoms with Crippen molar-refractivity contribution in [2.24, 2.45) is 0 Å². The Balaban J connectivity index is 2.09. The van der Waals surface area contributed by atoms with Crippen LogP contribution in [0.4, 0.5) is 11.4 Å². The minimum absolute atomic E-state index is 0.470. The normalized spacial score (nSPS) is 10.7. The van der Waals surface area contributed by atoms with Crippen LogP contribution in [0.15, 0.2) is 30.5 Å². The van der Waals surface area contributed by atoms with Crippen molar-refractivity contribution in [1.29, 1.82) is 0 Å². The molecule has 2 rings (SSSR count). The lowest BCUT2D eigenvalue weighted by Crippen LogP contribution is -2.09. The Bertz CT molecular complexity index is 513. The van der Waals surface area contributed by atoms with E-state index in [9.17, 15) is 0 Å². The molecule has 0 aliphatic rings. The van der Waals surface area contributed by atoms with Crippen LogP contribution in [-0.2, 0) is 4.74 Å². The molecule has 0 amide bonds. The van der Waals surface area contributed by atoms with E-state index >= 15 is 0 Å². The summed E-state index contributed by atoms with van der Waals surface area (Å²) in [4.78, 5) is 4.29. The molecule has 1 heterocycles. The molecular weight excluding hydrogens is 226 g/mol. The number of unbranched alkanes of at least 4 members (excludes halogenated alkanes) is 1. The van der Waals surface area contributed by atoms with Crippen molar-refractivity contribution in [3.05, 3.63) is 30.5 Å². The third kappa shape index (κ3) is 2.90. The van der Waals surface area contributed by atoms with Gasteiger partial charge in [0.2, 0.25) is 0 Å². The van der Waals surface area contributed by atoms with Gasteiger partial charge in [-0.1, -0.05) is 31.5 Å². The van der Waals surface area contributed by atoms with Gasteiger partial charge in [-0.2, -0.15) is 0 Å². The van der Waals surface area contributed by atoms with Crippen molar-refractivity contribution in [3.8, 4) is 0 Å². The highest BCUT2D eigenvalue weighted by Gasteiger charge is 2.05. The molecule has 0 aliphatic carbocycles. The topological polar surface area (TPSA) is 60.2 Å². The van der Waals surface area contributed by atoms with Crippen LogP contribution in [0.3, 0.4) is 0 Å². The molecule has 3 N–H and O–H groups in total. The third-order valence-corrected chi connectivity index (χ3v) is 2.80. The molecule has 0 unspecified atom stereocenters. The van der Waals surface area contributed by atoms with E-state index in [2.05, 4.69) is 17.2 Å². The lowest BCUT2D eigenvalue weighted by atomic mass is 10.1. The second-order valence-corrected chi connectivity index (χ2v) is 4.19. The fourth-order valence-electron chi connectivity index (χ4n) is 1.80. The van der Waals surface area contributed by atoms with Gasteiger partial charge in [0.15, 0.2) is 0 Å². The summed E-state index contributed by atoms with van der Waals surface area (Å²) in [5.41, 5.74) is 8.43. The van der Waals surface area contributed by atoms with Crippen molar-refractivity contribution in [2.45, 2.75) is 19.8 Å². The number of anilines is 2. The van der Waals surface area contributed by atoms with Crippen molar-refractivity contribution >= 4 is 22.3 Å². The highest BCUT2D eigenvalue weighted by molar-refractivity contribution is 5.96. The molecule has 1 aromatic heterocycles. The number of ether oxygens (including phenoxy) is 1. The molecule has 4 nitrogen and oxygen atoms in total. The van der Waals surface area contributed by atoms with Gasteiger partial charge in [0.1, 0.15) is 6.73 Å². The van der Waals surface area contributed by atoms with Gasteiger partial charge in [-0.05, 0) is 12.5 Å². The number of hydrogen-bond donors (Lipinski definition) is 2. The average Bonchev–Trinajstić information content (AvgIpc) is 2.41. The Morgan fingerprint density at radius 2 is 2.17 bits per heavy atom. The monoisotopic (exact) mass is 245 g/mol. The number of benzene rings is 1. The highest BCUT2D eigenvalue weighted by atomic mass is 16.5. The molecule has 0 fully saturated rings. The average molecular weight is 245 g/mol. The predicted molar refractivity (Wildman–Crippen MR) is 75.5 cm³/mol. The van der Waals surface area contributed by atoms with Crippen LogP contribution < -0.4 is 11.1 Å². The molecule has 0 saturated carbocycles.